The summed E-state index contributed by atoms with van der Waals surface area (Å²) in [5.74, 6) is -0.0363. The summed E-state index contributed by atoms with van der Waals surface area (Å²) in [6.45, 7) is 11.3. The van der Waals surface area contributed by atoms with Crippen LogP contribution >= 0.6 is 0 Å². The molecule has 1 amide bonds. The van der Waals surface area contributed by atoms with E-state index < -0.39 is 5.97 Å². The zero-order valence-electron chi connectivity index (χ0n) is 22.3. The molecule has 0 aliphatic heterocycles. The van der Waals surface area contributed by atoms with Gasteiger partial charge in [-0.25, -0.2) is 0 Å². The quantitative estimate of drug-likeness (QED) is 0.269. The highest BCUT2D eigenvalue weighted by atomic mass is 16.5. The van der Waals surface area contributed by atoms with Gasteiger partial charge in [0.05, 0.1) is 0 Å². The monoisotopic (exact) mass is 481 g/mol. The first-order valence-corrected chi connectivity index (χ1v) is 13.0. The van der Waals surface area contributed by atoms with Crippen molar-refractivity contribution in [2.45, 2.75) is 92.4 Å². The first-order valence-electron chi connectivity index (χ1n) is 13.0. The fraction of sp³-hybridized carbons (Fsp3) is 0.533. The number of unbranched alkanes of at least 4 members (excludes halogenated alkanes) is 7. The number of rotatable bonds is 15. The molecular formula is C30H43NO4. The summed E-state index contributed by atoms with van der Waals surface area (Å²) in [7, 11) is 0. The number of carboxylic acids is 1. The van der Waals surface area contributed by atoms with Gasteiger partial charge >= 0.3 is 5.97 Å². The lowest BCUT2D eigenvalue weighted by Crippen LogP contribution is -2.29. The normalized spacial score (nSPS) is 10.9. The molecule has 0 aromatic heterocycles. The first-order chi connectivity index (χ1) is 16.7. The minimum atomic E-state index is -0.705. The van der Waals surface area contributed by atoms with Crippen LogP contribution in [0.3, 0.4) is 0 Å². The van der Waals surface area contributed by atoms with E-state index in [1.807, 2.05) is 13.0 Å². The lowest BCUT2D eigenvalue weighted by Gasteiger charge is -2.17. The number of aliphatic carboxylic acids is 1. The van der Waals surface area contributed by atoms with E-state index in [-0.39, 0.29) is 18.9 Å². The molecule has 0 bridgehead atoms. The van der Waals surface area contributed by atoms with Crippen molar-refractivity contribution < 1.29 is 19.4 Å². The summed E-state index contributed by atoms with van der Waals surface area (Å²) in [4.78, 5) is 22.7. The second-order valence-electron chi connectivity index (χ2n) is 9.82. The van der Waals surface area contributed by atoms with Gasteiger partial charge in [0, 0.05) is 13.0 Å². The third kappa shape index (κ3) is 9.75. The predicted octanol–water partition coefficient (Wildman–Crippen LogP) is 6.99. The lowest BCUT2D eigenvalue weighted by molar-refractivity contribution is -0.137. The number of nitrogens with one attached hydrogen (secondary N) is 1. The molecule has 5 nitrogen and oxygen atoms in total. The number of amides is 1. The highest BCUT2D eigenvalue weighted by molar-refractivity contribution is 5.78. The molecule has 0 spiro atoms. The molecule has 0 heterocycles. The Morgan fingerprint density at radius 1 is 0.743 bits per heavy atom. The Hall–Kier alpha value is -2.82. The average Bonchev–Trinajstić information content (AvgIpc) is 2.77. The van der Waals surface area contributed by atoms with E-state index in [1.165, 1.54) is 34.2 Å². The smallest absolute Gasteiger partial charge is 0.303 e. The van der Waals surface area contributed by atoms with Crippen molar-refractivity contribution in [2.75, 3.05) is 13.2 Å². The Labute approximate surface area is 211 Å². The van der Waals surface area contributed by atoms with Crippen molar-refractivity contribution in [2.24, 2.45) is 0 Å². The number of carbonyl (C=O) groups is 2. The van der Waals surface area contributed by atoms with E-state index in [4.69, 9.17) is 9.84 Å². The van der Waals surface area contributed by atoms with Gasteiger partial charge in [0.1, 0.15) is 5.75 Å². The summed E-state index contributed by atoms with van der Waals surface area (Å²) in [6, 6.07) is 8.64. The molecule has 5 heteroatoms. The number of hydrogen-bond acceptors (Lipinski definition) is 3. The van der Waals surface area contributed by atoms with Gasteiger partial charge in [-0.3, -0.25) is 9.59 Å². The number of aryl methyl sites for hydroxylation is 5. The first kappa shape index (κ1) is 28.4. The van der Waals surface area contributed by atoms with E-state index in [9.17, 15) is 9.59 Å². The molecule has 0 aliphatic rings. The largest absolute Gasteiger partial charge is 0.483 e. The zero-order chi connectivity index (χ0) is 25.8. The maximum absolute atomic E-state index is 12.2. The molecule has 2 aromatic rings. The van der Waals surface area contributed by atoms with Gasteiger partial charge in [-0.2, -0.15) is 0 Å². The number of carbonyl (C=O) groups excluding carboxylic acids is 1. The van der Waals surface area contributed by atoms with Gasteiger partial charge in [-0.05, 0) is 93.0 Å². The topological polar surface area (TPSA) is 75.6 Å². The minimum absolute atomic E-state index is 0.0263. The van der Waals surface area contributed by atoms with Crippen LogP contribution in [0.4, 0.5) is 0 Å². The van der Waals surface area contributed by atoms with Crippen molar-refractivity contribution in [3.63, 3.8) is 0 Å². The molecule has 0 saturated carbocycles. The van der Waals surface area contributed by atoms with Crippen molar-refractivity contribution in [1.82, 2.24) is 5.32 Å². The van der Waals surface area contributed by atoms with Gasteiger partial charge in [0.15, 0.2) is 6.61 Å². The van der Waals surface area contributed by atoms with E-state index in [2.05, 4.69) is 51.2 Å². The maximum Gasteiger partial charge on any atom is 0.303 e. The summed E-state index contributed by atoms with van der Waals surface area (Å²) in [5.41, 5.74) is 8.48. The van der Waals surface area contributed by atoms with Crippen LogP contribution in [0.2, 0.25) is 0 Å². The van der Waals surface area contributed by atoms with E-state index in [0.717, 1.165) is 61.8 Å². The Morgan fingerprint density at radius 3 is 1.91 bits per heavy atom. The Morgan fingerprint density at radius 2 is 1.31 bits per heavy atom. The summed E-state index contributed by atoms with van der Waals surface area (Å²) >= 11 is 0. The number of hydrogen-bond donors (Lipinski definition) is 2. The minimum Gasteiger partial charge on any atom is -0.483 e. The van der Waals surface area contributed by atoms with Crippen LogP contribution in [-0.2, 0) is 9.59 Å². The summed E-state index contributed by atoms with van der Waals surface area (Å²) in [5, 5.41) is 11.6. The molecular weight excluding hydrogens is 438 g/mol. The van der Waals surface area contributed by atoms with Gasteiger partial charge in [0.2, 0.25) is 0 Å². The van der Waals surface area contributed by atoms with E-state index in [0.29, 0.717) is 6.54 Å². The maximum atomic E-state index is 12.2. The predicted molar refractivity (Wildman–Crippen MR) is 143 cm³/mol. The fourth-order valence-electron chi connectivity index (χ4n) is 4.70. The Bertz CT molecular complexity index is 973. The lowest BCUT2D eigenvalue weighted by atomic mass is 9.90. The molecule has 0 atom stereocenters. The van der Waals surface area contributed by atoms with Gasteiger partial charge in [0.25, 0.3) is 5.91 Å². The Balaban J connectivity index is 1.70. The highest BCUT2D eigenvalue weighted by Gasteiger charge is 2.13. The molecule has 0 fully saturated rings. The summed E-state index contributed by atoms with van der Waals surface area (Å²) in [6.07, 6.45) is 8.68. The molecule has 2 aromatic carbocycles. The van der Waals surface area contributed by atoms with E-state index in [1.54, 1.807) is 0 Å². The van der Waals surface area contributed by atoms with Crippen LogP contribution in [0.1, 0.15) is 85.6 Å². The third-order valence-electron chi connectivity index (χ3n) is 6.47. The van der Waals surface area contributed by atoms with Crippen LogP contribution in [0, 0.1) is 34.6 Å². The Kier molecular flexibility index (Phi) is 11.8. The second kappa shape index (κ2) is 14.6. The van der Waals surface area contributed by atoms with Crippen LogP contribution in [0.5, 0.6) is 5.75 Å². The fourth-order valence-corrected chi connectivity index (χ4v) is 4.70. The van der Waals surface area contributed by atoms with Crippen molar-refractivity contribution in [3.8, 4) is 16.9 Å². The van der Waals surface area contributed by atoms with Gasteiger partial charge < -0.3 is 15.2 Å². The van der Waals surface area contributed by atoms with E-state index >= 15 is 0 Å². The standard InChI is InChI=1S/C30H43NO4/c1-21-16-24(4)30(25(5)17-21)26-18-23(3)27(19-22(26)2)35-20-28(32)31-15-13-11-9-7-6-8-10-12-14-29(33)34/h16-19H,6-15,20H2,1-5H3,(H,31,32)(H,33,34). The zero-order valence-corrected chi connectivity index (χ0v) is 22.3. The second-order valence-corrected chi connectivity index (χ2v) is 9.82. The molecule has 0 unspecified atom stereocenters. The molecule has 0 aliphatic carbocycles. The molecule has 192 valence electrons. The number of ether oxygens (including phenoxy) is 1. The van der Waals surface area contributed by atoms with Crippen LogP contribution in [0.15, 0.2) is 24.3 Å². The molecule has 2 rings (SSSR count). The van der Waals surface area contributed by atoms with Gasteiger partial charge in [-0.15, -0.1) is 0 Å². The van der Waals surface area contributed by atoms with Crippen molar-refractivity contribution >= 4 is 11.9 Å². The third-order valence-corrected chi connectivity index (χ3v) is 6.47. The number of benzene rings is 2. The van der Waals surface area contributed by atoms with Gasteiger partial charge in [-0.1, -0.05) is 56.2 Å². The van der Waals surface area contributed by atoms with Crippen molar-refractivity contribution in [1.29, 1.82) is 0 Å². The molecule has 2 N–H and O–H groups in total. The SMILES string of the molecule is Cc1cc(C)c(-c2cc(C)c(OCC(=O)NCCCCCCCCCCC(=O)O)cc2C)c(C)c1. The molecule has 0 radical (unpaired) electrons. The van der Waals surface area contributed by atoms with Crippen LogP contribution < -0.4 is 10.1 Å². The summed E-state index contributed by atoms with van der Waals surface area (Å²) < 4.78 is 5.86. The van der Waals surface area contributed by atoms with Crippen LogP contribution in [0.25, 0.3) is 11.1 Å². The average molecular weight is 482 g/mol. The number of carboxylic acid groups (broad SMARTS) is 1. The molecule has 0 saturated heterocycles. The van der Waals surface area contributed by atoms with Crippen LogP contribution in [-0.4, -0.2) is 30.1 Å². The molecule has 35 heavy (non-hydrogen) atoms. The highest BCUT2D eigenvalue weighted by Crippen LogP contribution is 2.34. The van der Waals surface area contributed by atoms with Crippen molar-refractivity contribution in [3.05, 3.63) is 52.1 Å².